The number of nitrogens with two attached hydrogens (primary N) is 1. The van der Waals surface area contributed by atoms with Gasteiger partial charge in [0.2, 0.25) is 0 Å². The summed E-state index contributed by atoms with van der Waals surface area (Å²) in [5.74, 6) is 5.23. The lowest BCUT2D eigenvalue weighted by molar-refractivity contribution is -0.816. The Morgan fingerprint density at radius 1 is 1.42 bits per heavy atom. The number of rotatable bonds is 4. The fraction of sp³-hybridized carbons (Fsp3) is 0.750. The molecule has 1 aliphatic rings. The van der Waals surface area contributed by atoms with Crippen LogP contribution in [0.4, 0.5) is 0 Å². The summed E-state index contributed by atoms with van der Waals surface area (Å²) in [5, 5.41) is 0. The van der Waals surface area contributed by atoms with Crippen LogP contribution in [0.2, 0.25) is 0 Å². The van der Waals surface area contributed by atoms with Crippen LogP contribution >= 0.6 is 0 Å². The van der Waals surface area contributed by atoms with Crippen LogP contribution in [0.25, 0.3) is 0 Å². The smallest absolute Gasteiger partial charge is 0.154 e. The van der Waals surface area contributed by atoms with E-state index in [4.69, 9.17) is 5.84 Å². The van der Waals surface area contributed by atoms with Crippen LogP contribution in [0.15, 0.2) is 11.3 Å². The number of quaternary nitrogens is 1. The average Bonchev–Trinajstić information content (AvgIpc) is 2.84. The second kappa shape index (κ2) is 3.53. The number of hydrazine groups is 2. The first-order valence-corrected chi connectivity index (χ1v) is 4.43. The average molecular weight is 171 g/mol. The summed E-state index contributed by atoms with van der Waals surface area (Å²) in [5.41, 5.74) is 8.40. The van der Waals surface area contributed by atoms with Gasteiger partial charge in [0.05, 0.1) is 0 Å². The molecular formula is C8H19N4+. The van der Waals surface area contributed by atoms with Gasteiger partial charge in [-0.3, -0.25) is 5.84 Å². The van der Waals surface area contributed by atoms with Crippen molar-refractivity contribution >= 4 is 0 Å². The van der Waals surface area contributed by atoms with E-state index >= 15 is 0 Å². The normalized spacial score (nSPS) is 22.0. The lowest BCUT2D eigenvalue weighted by atomic mass is 10.2. The maximum Gasteiger partial charge on any atom is 0.154 e. The van der Waals surface area contributed by atoms with Crippen molar-refractivity contribution in [2.75, 3.05) is 13.1 Å². The molecule has 1 saturated heterocycles. The van der Waals surface area contributed by atoms with Gasteiger partial charge in [-0.15, -0.1) is 0 Å². The van der Waals surface area contributed by atoms with Gasteiger partial charge in [-0.05, 0) is 18.9 Å². The first kappa shape index (κ1) is 9.67. The van der Waals surface area contributed by atoms with E-state index in [2.05, 4.69) is 31.8 Å². The van der Waals surface area contributed by atoms with E-state index in [0.717, 1.165) is 24.1 Å². The molecule has 1 rings (SSSR count). The number of hydrogen-bond acceptors (Lipinski definition) is 3. The third-order valence-electron chi connectivity index (χ3n) is 2.74. The van der Waals surface area contributed by atoms with Crippen molar-refractivity contribution in [2.45, 2.75) is 27.2 Å². The molecule has 0 aliphatic carbocycles. The van der Waals surface area contributed by atoms with Crippen LogP contribution < -0.4 is 16.9 Å². The summed E-state index contributed by atoms with van der Waals surface area (Å²) in [7, 11) is 0. The highest BCUT2D eigenvalue weighted by molar-refractivity contribution is 5.04. The van der Waals surface area contributed by atoms with Crippen molar-refractivity contribution in [1.82, 2.24) is 11.1 Å². The zero-order valence-corrected chi connectivity index (χ0v) is 8.15. The molecule has 0 amide bonds. The third kappa shape index (κ3) is 1.67. The lowest BCUT2D eigenvalue weighted by Gasteiger charge is -2.19. The molecule has 4 N–H and O–H groups in total. The number of nitrogens with one attached hydrogen (secondary N) is 2. The van der Waals surface area contributed by atoms with Crippen LogP contribution in [0, 0.1) is 0 Å². The second-order valence-corrected chi connectivity index (χ2v) is 3.39. The molecule has 4 heteroatoms. The molecule has 0 bridgehead atoms. The van der Waals surface area contributed by atoms with Crippen molar-refractivity contribution in [3.05, 3.63) is 11.3 Å². The van der Waals surface area contributed by atoms with Gasteiger partial charge in [0.25, 0.3) is 0 Å². The molecule has 1 heterocycles. The molecule has 0 aromatic carbocycles. The minimum atomic E-state index is 0.816. The van der Waals surface area contributed by atoms with Crippen molar-refractivity contribution in [3.63, 3.8) is 0 Å². The molecule has 1 aliphatic heterocycles. The van der Waals surface area contributed by atoms with Gasteiger partial charge in [0.1, 0.15) is 5.70 Å². The summed E-state index contributed by atoms with van der Waals surface area (Å²) in [6.45, 7) is 8.78. The van der Waals surface area contributed by atoms with Crippen molar-refractivity contribution in [3.8, 4) is 0 Å². The minimum Gasteiger partial charge on any atom is -0.254 e. The SMILES string of the molecule is CC/C(C)=C(/C)[N+]1(NNN)CC1. The fourth-order valence-corrected chi connectivity index (χ4v) is 1.38. The maximum absolute atomic E-state index is 5.23. The number of hydrogen-bond donors (Lipinski definition) is 3. The maximum atomic E-state index is 5.23. The molecule has 12 heavy (non-hydrogen) atoms. The third-order valence-corrected chi connectivity index (χ3v) is 2.74. The van der Waals surface area contributed by atoms with Crippen LogP contribution in [-0.2, 0) is 0 Å². The lowest BCUT2D eigenvalue weighted by Crippen LogP contribution is -2.51. The highest BCUT2D eigenvalue weighted by Gasteiger charge is 2.46. The predicted molar refractivity (Wildman–Crippen MR) is 49.1 cm³/mol. The van der Waals surface area contributed by atoms with E-state index in [9.17, 15) is 0 Å². The zero-order valence-electron chi connectivity index (χ0n) is 8.15. The molecule has 0 saturated carbocycles. The zero-order chi connectivity index (χ0) is 9.19. The van der Waals surface area contributed by atoms with Gasteiger partial charge >= 0.3 is 0 Å². The van der Waals surface area contributed by atoms with E-state index in [1.54, 1.807) is 0 Å². The van der Waals surface area contributed by atoms with Crippen LogP contribution in [0.1, 0.15) is 27.2 Å². The second-order valence-electron chi connectivity index (χ2n) is 3.39. The topological polar surface area (TPSA) is 50.1 Å². The van der Waals surface area contributed by atoms with Crippen molar-refractivity contribution in [1.29, 1.82) is 0 Å². The summed E-state index contributed by atoms with van der Waals surface area (Å²) >= 11 is 0. The monoisotopic (exact) mass is 171 g/mol. The molecule has 0 aromatic heterocycles. The van der Waals surface area contributed by atoms with Gasteiger partial charge in [-0.2, -0.15) is 10.1 Å². The van der Waals surface area contributed by atoms with E-state index in [1.165, 1.54) is 11.3 Å². The summed E-state index contributed by atoms with van der Waals surface area (Å²) in [6.07, 6.45) is 1.11. The van der Waals surface area contributed by atoms with Gasteiger partial charge in [0.15, 0.2) is 13.1 Å². The molecular weight excluding hydrogens is 152 g/mol. The number of allylic oxidation sites excluding steroid dienone is 2. The molecule has 70 valence electrons. The van der Waals surface area contributed by atoms with E-state index < -0.39 is 0 Å². The highest BCUT2D eigenvalue weighted by atomic mass is 15.9. The van der Waals surface area contributed by atoms with Crippen molar-refractivity contribution < 1.29 is 4.59 Å². The van der Waals surface area contributed by atoms with Gasteiger partial charge in [-0.1, -0.05) is 12.5 Å². The summed E-state index contributed by atoms with van der Waals surface area (Å²) < 4.78 is 0.816. The van der Waals surface area contributed by atoms with Crippen LogP contribution in [0.5, 0.6) is 0 Å². The van der Waals surface area contributed by atoms with Gasteiger partial charge in [-0.25, -0.2) is 0 Å². The minimum absolute atomic E-state index is 0.816. The van der Waals surface area contributed by atoms with Gasteiger partial charge < -0.3 is 0 Å². The van der Waals surface area contributed by atoms with E-state index in [0.29, 0.717) is 0 Å². The quantitative estimate of drug-likeness (QED) is 0.248. The Morgan fingerprint density at radius 2 is 2.00 bits per heavy atom. The molecule has 0 atom stereocenters. The Balaban J connectivity index is 2.68. The van der Waals surface area contributed by atoms with E-state index in [1.807, 2.05) is 0 Å². The molecule has 4 nitrogen and oxygen atoms in total. The molecule has 1 fully saturated rings. The van der Waals surface area contributed by atoms with Crippen molar-refractivity contribution in [2.24, 2.45) is 5.84 Å². The Bertz CT molecular complexity index is 193. The first-order chi connectivity index (χ1) is 5.66. The van der Waals surface area contributed by atoms with Crippen LogP contribution in [-0.4, -0.2) is 17.7 Å². The Morgan fingerprint density at radius 3 is 2.33 bits per heavy atom. The first-order valence-electron chi connectivity index (χ1n) is 4.43. The summed E-state index contributed by atoms with van der Waals surface area (Å²) in [4.78, 5) is 0. The highest BCUT2D eigenvalue weighted by Crippen LogP contribution is 2.27. The molecule has 0 aromatic rings. The molecule has 0 radical (unpaired) electrons. The Labute approximate surface area is 73.9 Å². The Kier molecular flexibility index (Phi) is 2.85. The molecule has 0 spiro atoms. The Hall–Kier alpha value is -0.420. The number of nitrogens with zero attached hydrogens (tertiary/aromatic N) is 1. The van der Waals surface area contributed by atoms with Crippen LogP contribution in [0.3, 0.4) is 0 Å². The standard InChI is InChI=1S/C8H19N4/c1-4-7(2)8(3)12(5-6-12)11-10-9/h10-11H,4-6,9H2,1-3H3/q+1/b8-7-. The van der Waals surface area contributed by atoms with E-state index in [-0.39, 0.29) is 0 Å². The summed E-state index contributed by atoms with van der Waals surface area (Å²) in [6, 6.07) is 0. The van der Waals surface area contributed by atoms with Gasteiger partial charge in [0, 0.05) is 6.92 Å². The fourth-order valence-electron chi connectivity index (χ4n) is 1.38. The largest absolute Gasteiger partial charge is 0.254 e. The molecule has 0 unspecified atom stereocenters. The predicted octanol–water partition coefficient (Wildman–Crippen LogP) is 0.404.